The van der Waals surface area contributed by atoms with Gasteiger partial charge in [-0.1, -0.05) is 27.2 Å². The lowest BCUT2D eigenvalue weighted by atomic mass is 10.1. The number of rotatable bonds is 6. The number of halogens is 3. The normalized spacial score (nSPS) is 16.7. The minimum Gasteiger partial charge on any atom is -0.456 e. The molecule has 35 heavy (non-hydrogen) atoms. The Bertz CT molecular complexity index is 1250. The number of fused-ring (bicyclic) bond motifs is 2. The van der Waals surface area contributed by atoms with Crippen LogP contribution in [0.4, 0.5) is 19.0 Å². The van der Waals surface area contributed by atoms with Crippen molar-refractivity contribution in [2.24, 2.45) is 5.92 Å². The molecular weight excluding hydrogens is 483 g/mol. The van der Waals surface area contributed by atoms with Gasteiger partial charge in [-0.3, -0.25) is 4.79 Å². The lowest BCUT2D eigenvalue weighted by molar-refractivity contribution is -0.147. The highest BCUT2D eigenvalue weighted by molar-refractivity contribution is 7.18. The maximum Gasteiger partial charge on any atom is 0.451 e. The molecule has 0 spiro atoms. The molecule has 0 N–H and O–H groups in total. The van der Waals surface area contributed by atoms with E-state index in [1.807, 2.05) is 18.7 Å². The fraction of sp³-hybridized carbons (Fsp3) is 0.591. The van der Waals surface area contributed by atoms with Gasteiger partial charge < -0.3 is 19.1 Å². The van der Waals surface area contributed by atoms with E-state index in [0.29, 0.717) is 25.5 Å². The predicted octanol–water partition coefficient (Wildman–Crippen LogP) is 3.52. The van der Waals surface area contributed by atoms with Crippen molar-refractivity contribution in [2.75, 3.05) is 24.5 Å². The maximum atomic E-state index is 13.3. The van der Waals surface area contributed by atoms with Gasteiger partial charge in [0.25, 0.3) is 0 Å². The number of aryl methyl sites for hydroxylation is 1. The molecule has 9 nitrogen and oxygen atoms in total. The summed E-state index contributed by atoms with van der Waals surface area (Å²) in [6, 6.07) is 2.26. The number of amides is 1. The van der Waals surface area contributed by atoms with Gasteiger partial charge in [0.2, 0.25) is 11.7 Å². The Labute approximate surface area is 203 Å². The second-order valence-electron chi connectivity index (χ2n) is 9.16. The molecule has 0 radical (unpaired) electrons. The van der Waals surface area contributed by atoms with Crippen LogP contribution in [0.2, 0.25) is 0 Å². The predicted molar refractivity (Wildman–Crippen MR) is 123 cm³/mol. The highest BCUT2D eigenvalue weighted by Gasteiger charge is 2.40. The van der Waals surface area contributed by atoms with Crippen molar-refractivity contribution >= 4 is 33.3 Å². The second-order valence-corrected chi connectivity index (χ2v) is 10.3. The van der Waals surface area contributed by atoms with Crippen LogP contribution in [0.5, 0.6) is 6.01 Å². The number of carbonyl (C=O) groups is 1. The third-order valence-electron chi connectivity index (χ3n) is 6.13. The molecule has 0 aromatic carbocycles. The Morgan fingerprint density at radius 1 is 1.23 bits per heavy atom. The average Bonchev–Trinajstić information content (AvgIpc) is 3.38. The number of ether oxygens (including phenoxy) is 1. The number of likely N-dealkylation sites (tertiary alicyclic amines) is 1. The first-order valence-electron chi connectivity index (χ1n) is 11.6. The zero-order valence-corrected chi connectivity index (χ0v) is 20.5. The number of nitrogens with zero attached hydrogens (tertiary/aromatic N) is 7. The molecule has 188 valence electrons. The molecule has 0 unspecified atom stereocenters. The summed E-state index contributed by atoms with van der Waals surface area (Å²) < 4.78 is 46.9. The van der Waals surface area contributed by atoms with Crippen molar-refractivity contribution in [3.8, 4) is 6.01 Å². The van der Waals surface area contributed by atoms with Crippen LogP contribution in [-0.2, 0) is 30.5 Å². The minimum atomic E-state index is -4.55. The quantitative estimate of drug-likeness (QED) is 0.502. The Morgan fingerprint density at radius 3 is 2.69 bits per heavy atom. The van der Waals surface area contributed by atoms with E-state index < -0.39 is 12.0 Å². The Hall–Kier alpha value is -2.96. The van der Waals surface area contributed by atoms with Crippen LogP contribution in [0.15, 0.2) is 6.07 Å². The van der Waals surface area contributed by atoms with Crippen molar-refractivity contribution in [1.29, 1.82) is 0 Å². The van der Waals surface area contributed by atoms with Gasteiger partial charge in [0.1, 0.15) is 16.8 Å². The molecule has 3 aromatic rings. The molecule has 0 atom stereocenters. The van der Waals surface area contributed by atoms with Gasteiger partial charge in [0, 0.05) is 23.9 Å². The van der Waals surface area contributed by atoms with Crippen LogP contribution >= 0.6 is 11.3 Å². The number of hydrogen-bond donors (Lipinski definition) is 0. The standard InChI is InChI=1S/C22H26F3N7O2S/c1-4-5-14-8-15-17(30-6-7-32-16(11-30)28-29-20(32)22(23,24)25)26-21(27-18(15)35-14)34-13-9-31(10-13)19(33)12(2)3/h8,12-13H,4-7,9-11H2,1-3H3. The molecule has 1 saturated heterocycles. The number of hydrogen-bond acceptors (Lipinski definition) is 8. The molecule has 1 fully saturated rings. The van der Waals surface area contributed by atoms with Crippen molar-refractivity contribution < 1.29 is 22.7 Å². The maximum absolute atomic E-state index is 13.3. The Balaban J connectivity index is 1.42. The lowest BCUT2D eigenvalue weighted by Gasteiger charge is -2.39. The van der Waals surface area contributed by atoms with Crippen LogP contribution in [-0.4, -0.2) is 61.3 Å². The SMILES string of the molecule is CCCc1cc2c(N3CCn4c(nnc4C(F)(F)F)C3)nc(OC3CN(C(=O)C(C)C)C3)nc2s1. The monoisotopic (exact) mass is 509 g/mol. The Kier molecular flexibility index (Phi) is 6.06. The molecule has 2 aliphatic rings. The first-order valence-corrected chi connectivity index (χ1v) is 12.5. The van der Waals surface area contributed by atoms with Gasteiger partial charge in [-0.05, 0) is 12.5 Å². The van der Waals surface area contributed by atoms with E-state index in [2.05, 4.69) is 33.2 Å². The van der Waals surface area contributed by atoms with E-state index in [1.165, 1.54) is 0 Å². The van der Waals surface area contributed by atoms with Gasteiger partial charge >= 0.3 is 12.2 Å². The molecule has 0 aliphatic carbocycles. The smallest absolute Gasteiger partial charge is 0.451 e. The fourth-order valence-corrected chi connectivity index (χ4v) is 5.47. The summed E-state index contributed by atoms with van der Waals surface area (Å²) >= 11 is 1.57. The highest BCUT2D eigenvalue weighted by atomic mass is 32.1. The van der Waals surface area contributed by atoms with Gasteiger partial charge in [0.15, 0.2) is 5.82 Å². The van der Waals surface area contributed by atoms with Crippen LogP contribution < -0.4 is 9.64 Å². The van der Waals surface area contributed by atoms with E-state index >= 15 is 0 Å². The summed E-state index contributed by atoms with van der Waals surface area (Å²) in [5.41, 5.74) is 0. The van der Waals surface area contributed by atoms with Crippen LogP contribution in [0, 0.1) is 5.92 Å². The summed E-state index contributed by atoms with van der Waals surface area (Å²) in [6.07, 6.45) is -2.87. The Morgan fingerprint density at radius 2 is 2.00 bits per heavy atom. The molecular formula is C22H26F3N7O2S. The van der Waals surface area contributed by atoms with E-state index in [1.54, 1.807) is 16.2 Å². The zero-order chi connectivity index (χ0) is 24.9. The minimum absolute atomic E-state index is 0.0720. The molecule has 13 heteroatoms. The van der Waals surface area contributed by atoms with E-state index in [9.17, 15) is 18.0 Å². The topological polar surface area (TPSA) is 89.3 Å². The molecule has 5 heterocycles. The second kappa shape index (κ2) is 8.92. The van der Waals surface area contributed by atoms with Crippen molar-refractivity contribution in [3.05, 3.63) is 22.6 Å². The molecule has 0 bridgehead atoms. The van der Waals surface area contributed by atoms with Gasteiger partial charge in [-0.25, -0.2) is 0 Å². The first-order chi connectivity index (χ1) is 16.6. The van der Waals surface area contributed by atoms with Crippen molar-refractivity contribution in [3.63, 3.8) is 0 Å². The van der Waals surface area contributed by atoms with Crippen molar-refractivity contribution in [1.82, 2.24) is 29.6 Å². The highest BCUT2D eigenvalue weighted by Crippen LogP contribution is 2.36. The molecule has 3 aromatic heterocycles. The van der Waals surface area contributed by atoms with Crippen LogP contribution in [0.1, 0.15) is 43.7 Å². The number of anilines is 1. The fourth-order valence-electron chi connectivity index (χ4n) is 4.36. The first kappa shape index (κ1) is 23.8. The van der Waals surface area contributed by atoms with Crippen LogP contribution in [0.3, 0.4) is 0 Å². The summed E-state index contributed by atoms with van der Waals surface area (Å²) in [7, 11) is 0. The van der Waals surface area contributed by atoms with Gasteiger partial charge in [-0.2, -0.15) is 23.1 Å². The molecule has 1 amide bonds. The van der Waals surface area contributed by atoms with Gasteiger partial charge in [0.05, 0.1) is 25.0 Å². The zero-order valence-electron chi connectivity index (χ0n) is 19.7. The lowest BCUT2D eigenvalue weighted by Crippen LogP contribution is -2.57. The third-order valence-corrected chi connectivity index (χ3v) is 7.22. The summed E-state index contributed by atoms with van der Waals surface area (Å²) in [6.45, 7) is 7.34. The molecule has 2 aliphatic heterocycles. The number of thiophene rings is 1. The van der Waals surface area contributed by atoms with E-state index in [-0.39, 0.29) is 42.9 Å². The van der Waals surface area contributed by atoms with Crippen LogP contribution in [0.25, 0.3) is 10.2 Å². The van der Waals surface area contributed by atoms with Gasteiger partial charge in [-0.15, -0.1) is 21.5 Å². The molecule has 0 saturated carbocycles. The van der Waals surface area contributed by atoms with E-state index in [4.69, 9.17) is 4.74 Å². The summed E-state index contributed by atoms with van der Waals surface area (Å²) in [4.78, 5) is 27.0. The van der Waals surface area contributed by atoms with Crippen molar-refractivity contribution in [2.45, 2.75) is 59.0 Å². The summed E-state index contributed by atoms with van der Waals surface area (Å²) in [5, 5.41) is 8.01. The number of alkyl halides is 3. The van der Waals surface area contributed by atoms with E-state index in [0.717, 1.165) is 32.5 Å². The number of carbonyl (C=O) groups excluding carboxylic acids is 1. The average molecular weight is 510 g/mol. The molecule has 5 rings (SSSR count). The third kappa shape index (κ3) is 4.53. The summed E-state index contributed by atoms with van der Waals surface area (Å²) in [5.74, 6) is -0.114. The number of aromatic nitrogens is 5. The largest absolute Gasteiger partial charge is 0.456 e.